The van der Waals surface area contributed by atoms with Crippen LogP contribution in [0, 0.1) is 0 Å². The Kier molecular flexibility index (Phi) is 4.71. The molecule has 0 bridgehead atoms. The molecule has 114 valence electrons. The van der Waals surface area contributed by atoms with Crippen molar-refractivity contribution in [2.75, 3.05) is 6.54 Å². The molecular weight excluding hydrogens is 296 g/mol. The molecule has 0 radical (unpaired) electrons. The van der Waals surface area contributed by atoms with Gasteiger partial charge in [-0.1, -0.05) is 17.7 Å². The predicted octanol–water partition coefficient (Wildman–Crippen LogP) is 3.34. The maximum absolute atomic E-state index is 6.21. The van der Waals surface area contributed by atoms with Crippen molar-refractivity contribution in [2.24, 2.45) is 7.05 Å². The summed E-state index contributed by atoms with van der Waals surface area (Å²) < 4.78 is 1.84. The average Bonchev–Trinajstić information content (AvgIpc) is 2.95. The van der Waals surface area contributed by atoms with E-state index in [-0.39, 0.29) is 0 Å². The molecule has 3 rings (SSSR count). The van der Waals surface area contributed by atoms with Crippen LogP contribution in [0.25, 0.3) is 10.9 Å². The van der Waals surface area contributed by atoms with E-state index in [0.29, 0.717) is 0 Å². The number of rotatable bonds is 6. The van der Waals surface area contributed by atoms with Gasteiger partial charge in [0.25, 0.3) is 0 Å². The molecular formula is C17H19ClN4. The van der Waals surface area contributed by atoms with Crippen LogP contribution in [0.4, 0.5) is 0 Å². The maximum atomic E-state index is 6.21. The number of aryl methyl sites for hydroxylation is 2. The maximum Gasteiger partial charge on any atom is 0.0761 e. The van der Waals surface area contributed by atoms with E-state index in [4.69, 9.17) is 11.6 Å². The molecule has 0 aliphatic heterocycles. The zero-order valence-corrected chi connectivity index (χ0v) is 13.3. The lowest BCUT2D eigenvalue weighted by atomic mass is 10.1. The molecule has 1 N–H and O–H groups in total. The average molecular weight is 315 g/mol. The Bertz CT molecular complexity index is 766. The third-order valence-electron chi connectivity index (χ3n) is 3.69. The first kappa shape index (κ1) is 15.0. The van der Waals surface area contributed by atoms with Crippen LogP contribution >= 0.6 is 11.6 Å². The van der Waals surface area contributed by atoms with Gasteiger partial charge in [-0.05, 0) is 48.7 Å². The summed E-state index contributed by atoms with van der Waals surface area (Å²) in [6.45, 7) is 1.77. The lowest BCUT2D eigenvalue weighted by molar-refractivity contribution is 0.651. The third-order valence-corrected chi connectivity index (χ3v) is 4.02. The van der Waals surface area contributed by atoms with Gasteiger partial charge in [-0.2, -0.15) is 5.10 Å². The van der Waals surface area contributed by atoms with Crippen LogP contribution in [0.15, 0.2) is 42.9 Å². The van der Waals surface area contributed by atoms with Crippen molar-refractivity contribution in [3.8, 4) is 0 Å². The molecule has 1 aromatic carbocycles. The van der Waals surface area contributed by atoms with Crippen molar-refractivity contribution < 1.29 is 0 Å². The summed E-state index contributed by atoms with van der Waals surface area (Å²) in [5.74, 6) is 0. The second kappa shape index (κ2) is 6.90. The molecule has 2 aromatic heterocycles. The van der Waals surface area contributed by atoms with Gasteiger partial charge < -0.3 is 5.32 Å². The first-order valence-electron chi connectivity index (χ1n) is 7.44. The van der Waals surface area contributed by atoms with Crippen LogP contribution < -0.4 is 5.32 Å². The van der Waals surface area contributed by atoms with Crippen molar-refractivity contribution in [1.82, 2.24) is 20.1 Å². The molecule has 0 fully saturated rings. The number of benzene rings is 1. The van der Waals surface area contributed by atoms with E-state index in [1.54, 1.807) is 0 Å². The molecule has 0 aliphatic rings. The minimum atomic E-state index is 0.753. The van der Waals surface area contributed by atoms with Gasteiger partial charge in [0.15, 0.2) is 0 Å². The zero-order valence-electron chi connectivity index (χ0n) is 12.6. The summed E-state index contributed by atoms with van der Waals surface area (Å²) in [5.41, 5.74) is 3.44. The lowest BCUT2D eigenvalue weighted by Gasteiger charge is -2.08. The largest absolute Gasteiger partial charge is 0.313 e. The topological polar surface area (TPSA) is 42.7 Å². The van der Waals surface area contributed by atoms with Crippen molar-refractivity contribution in [2.45, 2.75) is 19.4 Å². The smallest absolute Gasteiger partial charge is 0.0761 e. The van der Waals surface area contributed by atoms with Crippen LogP contribution in [0.2, 0.25) is 5.02 Å². The molecule has 22 heavy (non-hydrogen) atoms. The number of hydrogen-bond donors (Lipinski definition) is 1. The number of fused-ring (bicyclic) bond motifs is 1. The Labute approximate surface area is 135 Å². The molecule has 4 nitrogen and oxygen atoms in total. The van der Waals surface area contributed by atoms with Gasteiger partial charge in [0.2, 0.25) is 0 Å². The number of aromatic nitrogens is 3. The van der Waals surface area contributed by atoms with Crippen LogP contribution in [0.1, 0.15) is 17.5 Å². The fraction of sp³-hybridized carbons (Fsp3) is 0.294. The fourth-order valence-corrected chi connectivity index (χ4v) is 2.80. The highest BCUT2D eigenvalue weighted by molar-refractivity contribution is 6.35. The number of nitrogens with one attached hydrogen (secondary N) is 1. The highest BCUT2D eigenvalue weighted by atomic mass is 35.5. The number of halogens is 1. The predicted molar refractivity (Wildman–Crippen MR) is 90.0 cm³/mol. The highest BCUT2D eigenvalue weighted by Gasteiger charge is 2.05. The summed E-state index contributed by atoms with van der Waals surface area (Å²) in [4.78, 5) is 4.46. The molecule has 0 unspecified atom stereocenters. The summed E-state index contributed by atoms with van der Waals surface area (Å²) in [7, 11) is 1.94. The summed E-state index contributed by atoms with van der Waals surface area (Å²) >= 11 is 6.21. The Morgan fingerprint density at radius 3 is 3.00 bits per heavy atom. The van der Waals surface area contributed by atoms with Gasteiger partial charge in [0.05, 0.1) is 11.7 Å². The second-order valence-corrected chi connectivity index (χ2v) is 5.82. The number of pyridine rings is 1. The van der Waals surface area contributed by atoms with Gasteiger partial charge >= 0.3 is 0 Å². The number of nitrogens with zero attached hydrogens (tertiary/aromatic N) is 3. The van der Waals surface area contributed by atoms with Gasteiger partial charge in [-0.25, -0.2) is 0 Å². The molecule has 0 saturated heterocycles. The van der Waals surface area contributed by atoms with E-state index in [1.165, 1.54) is 11.1 Å². The standard InChI is InChI=1S/C17H19ClN4/c1-22-12-13(10-21-22)4-2-8-19-11-14-6-7-16(18)15-5-3-9-20-17(14)15/h3,5-7,9-10,12,19H,2,4,8,11H2,1H3. The van der Waals surface area contributed by atoms with Crippen LogP contribution in [0.5, 0.6) is 0 Å². The SMILES string of the molecule is Cn1cc(CCCNCc2ccc(Cl)c3cccnc23)cn1. The van der Waals surface area contributed by atoms with E-state index in [9.17, 15) is 0 Å². The Balaban J connectivity index is 1.55. The van der Waals surface area contributed by atoms with Gasteiger partial charge in [-0.15, -0.1) is 0 Å². The lowest BCUT2D eigenvalue weighted by Crippen LogP contribution is -2.15. The van der Waals surface area contributed by atoms with E-state index < -0.39 is 0 Å². The Morgan fingerprint density at radius 1 is 1.27 bits per heavy atom. The van der Waals surface area contributed by atoms with Gasteiger partial charge in [-0.3, -0.25) is 9.67 Å². The van der Waals surface area contributed by atoms with Crippen molar-refractivity contribution in [1.29, 1.82) is 0 Å². The molecule has 0 amide bonds. The normalized spacial score (nSPS) is 11.2. The highest BCUT2D eigenvalue weighted by Crippen LogP contribution is 2.24. The van der Waals surface area contributed by atoms with Gasteiger partial charge in [0.1, 0.15) is 0 Å². The van der Waals surface area contributed by atoms with E-state index in [0.717, 1.165) is 41.9 Å². The first-order chi connectivity index (χ1) is 10.7. The molecule has 3 aromatic rings. The summed E-state index contributed by atoms with van der Waals surface area (Å²) in [5, 5.41) is 9.43. The van der Waals surface area contributed by atoms with E-state index >= 15 is 0 Å². The minimum absolute atomic E-state index is 0.753. The van der Waals surface area contributed by atoms with E-state index in [1.807, 2.05) is 48.4 Å². The van der Waals surface area contributed by atoms with E-state index in [2.05, 4.69) is 21.6 Å². The Morgan fingerprint density at radius 2 is 2.18 bits per heavy atom. The second-order valence-electron chi connectivity index (χ2n) is 5.41. The molecule has 0 atom stereocenters. The summed E-state index contributed by atoms with van der Waals surface area (Å²) in [6, 6.07) is 7.92. The molecule has 5 heteroatoms. The van der Waals surface area contributed by atoms with Crippen molar-refractivity contribution in [3.63, 3.8) is 0 Å². The fourth-order valence-electron chi connectivity index (χ4n) is 2.58. The van der Waals surface area contributed by atoms with Crippen LogP contribution in [-0.2, 0) is 20.0 Å². The molecule has 0 saturated carbocycles. The zero-order chi connectivity index (χ0) is 15.4. The monoisotopic (exact) mass is 314 g/mol. The Hall–Kier alpha value is -1.91. The molecule has 0 spiro atoms. The number of hydrogen-bond acceptors (Lipinski definition) is 3. The first-order valence-corrected chi connectivity index (χ1v) is 7.82. The van der Waals surface area contributed by atoms with Crippen molar-refractivity contribution >= 4 is 22.5 Å². The molecule has 2 heterocycles. The summed E-state index contributed by atoms with van der Waals surface area (Å²) in [6.07, 6.45) is 7.93. The van der Waals surface area contributed by atoms with Gasteiger partial charge in [0, 0.05) is 36.4 Å². The minimum Gasteiger partial charge on any atom is -0.313 e. The van der Waals surface area contributed by atoms with Crippen LogP contribution in [0.3, 0.4) is 0 Å². The van der Waals surface area contributed by atoms with Crippen LogP contribution in [-0.4, -0.2) is 21.3 Å². The third kappa shape index (κ3) is 3.46. The van der Waals surface area contributed by atoms with Crippen molar-refractivity contribution in [3.05, 3.63) is 59.0 Å². The quantitative estimate of drug-likeness (QED) is 0.710. The molecule has 0 aliphatic carbocycles.